The van der Waals surface area contributed by atoms with Crippen LogP contribution in [0.2, 0.25) is 0 Å². The van der Waals surface area contributed by atoms with Gasteiger partial charge in [0.1, 0.15) is 11.9 Å². The Kier molecular flexibility index (Phi) is 4.27. The molecule has 4 aliphatic carbocycles. The number of carbonyl (C=O) groups excluding carboxylic acids is 2. The summed E-state index contributed by atoms with van der Waals surface area (Å²) in [5, 5.41) is 0. The van der Waals surface area contributed by atoms with E-state index in [0.29, 0.717) is 43.2 Å². The number of rotatable bonds is 1. The second kappa shape index (κ2) is 6.28. The molecular weight excluding hydrogens is 356 g/mol. The van der Waals surface area contributed by atoms with Gasteiger partial charge in [-0.3, -0.25) is 9.59 Å². The van der Waals surface area contributed by atoms with Crippen LogP contribution in [-0.2, 0) is 23.8 Å². The first-order valence-corrected chi connectivity index (χ1v) is 11.3. The maximum absolute atomic E-state index is 13.3. The Morgan fingerprint density at radius 2 is 1.75 bits per heavy atom. The summed E-state index contributed by atoms with van der Waals surface area (Å²) in [6, 6.07) is 0. The van der Waals surface area contributed by atoms with Crippen LogP contribution >= 0.6 is 0 Å². The fourth-order valence-corrected chi connectivity index (χ4v) is 8.23. The number of esters is 1. The van der Waals surface area contributed by atoms with Crippen LogP contribution in [0.15, 0.2) is 0 Å². The van der Waals surface area contributed by atoms with E-state index in [0.717, 1.165) is 44.9 Å². The summed E-state index contributed by atoms with van der Waals surface area (Å²) in [6.07, 6.45) is 7.57. The molecule has 28 heavy (non-hydrogen) atoms. The highest BCUT2D eigenvalue weighted by Gasteiger charge is 2.68. The van der Waals surface area contributed by atoms with E-state index >= 15 is 0 Å². The van der Waals surface area contributed by atoms with E-state index in [1.165, 1.54) is 6.92 Å². The number of Topliss-reactive ketones (excluding diaryl/α,β-unsaturated/α-hetero) is 1. The van der Waals surface area contributed by atoms with Crippen LogP contribution in [0.25, 0.3) is 0 Å². The molecule has 4 saturated carbocycles. The predicted molar refractivity (Wildman–Crippen MR) is 102 cm³/mol. The van der Waals surface area contributed by atoms with Gasteiger partial charge in [0.15, 0.2) is 5.79 Å². The standard InChI is InChI=1S/C23H34O5/c1-14(24)28-15-4-7-21(2)17-5-8-22(3)18(6-9-23(22)26-10-11-27-23)16(17)13-20(25)19(21)12-15/h15-19H,4-13H2,1-3H3. The van der Waals surface area contributed by atoms with Gasteiger partial charge >= 0.3 is 5.97 Å². The first kappa shape index (κ1) is 19.0. The summed E-state index contributed by atoms with van der Waals surface area (Å²) in [5.41, 5.74) is 0.0776. The maximum atomic E-state index is 13.3. The van der Waals surface area contributed by atoms with E-state index < -0.39 is 5.79 Å². The normalized spacial score (nSPS) is 49.4. The Labute approximate surface area is 167 Å². The smallest absolute Gasteiger partial charge is 0.302 e. The highest BCUT2D eigenvalue weighted by atomic mass is 16.7. The van der Waals surface area contributed by atoms with Crippen molar-refractivity contribution in [3.05, 3.63) is 0 Å². The van der Waals surface area contributed by atoms with Crippen LogP contribution in [0.4, 0.5) is 0 Å². The summed E-state index contributed by atoms with van der Waals surface area (Å²) in [6.45, 7) is 7.59. The molecule has 7 unspecified atom stereocenters. The molecule has 0 radical (unpaired) electrons. The molecule has 0 amide bonds. The average Bonchev–Trinajstić information content (AvgIpc) is 3.23. The summed E-state index contributed by atoms with van der Waals surface area (Å²) < 4.78 is 17.9. The Morgan fingerprint density at radius 3 is 2.46 bits per heavy atom. The van der Waals surface area contributed by atoms with E-state index in [1.807, 2.05) is 0 Å². The molecule has 0 aromatic rings. The first-order valence-electron chi connectivity index (χ1n) is 11.3. The minimum Gasteiger partial charge on any atom is -0.463 e. The van der Waals surface area contributed by atoms with E-state index in [2.05, 4.69) is 13.8 Å². The summed E-state index contributed by atoms with van der Waals surface area (Å²) in [4.78, 5) is 24.7. The lowest BCUT2D eigenvalue weighted by Gasteiger charge is -2.60. The third-order valence-corrected chi connectivity index (χ3v) is 9.54. The lowest BCUT2D eigenvalue weighted by molar-refractivity contribution is -0.246. The van der Waals surface area contributed by atoms with Gasteiger partial charge in [0.05, 0.1) is 13.2 Å². The van der Waals surface area contributed by atoms with Gasteiger partial charge in [0, 0.05) is 31.1 Å². The van der Waals surface area contributed by atoms with Crippen LogP contribution in [0, 0.1) is 34.5 Å². The Hall–Kier alpha value is -0.940. The van der Waals surface area contributed by atoms with Crippen LogP contribution in [0.5, 0.6) is 0 Å². The van der Waals surface area contributed by atoms with Crippen LogP contribution in [-0.4, -0.2) is 36.9 Å². The zero-order valence-corrected chi connectivity index (χ0v) is 17.5. The summed E-state index contributed by atoms with van der Waals surface area (Å²) in [5.74, 6) is 1.36. The molecule has 156 valence electrons. The fraction of sp³-hybridized carbons (Fsp3) is 0.913. The minimum atomic E-state index is -0.406. The quantitative estimate of drug-likeness (QED) is 0.636. The third kappa shape index (κ3) is 2.44. The van der Waals surface area contributed by atoms with Crippen LogP contribution in [0.1, 0.15) is 72.1 Å². The maximum Gasteiger partial charge on any atom is 0.302 e. The molecule has 5 fully saturated rings. The van der Waals surface area contributed by atoms with E-state index in [-0.39, 0.29) is 28.8 Å². The largest absolute Gasteiger partial charge is 0.463 e. The predicted octanol–water partition coefficient (Wildman–Crippen LogP) is 3.88. The van der Waals surface area contributed by atoms with Gasteiger partial charge in [-0.05, 0) is 61.7 Å². The van der Waals surface area contributed by atoms with Crippen molar-refractivity contribution in [2.75, 3.05) is 13.2 Å². The van der Waals surface area contributed by atoms with Gasteiger partial charge in [-0.1, -0.05) is 13.8 Å². The van der Waals surface area contributed by atoms with Gasteiger partial charge in [0.25, 0.3) is 0 Å². The first-order chi connectivity index (χ1) is 13.3. The monoisotopic (exact) mass is 390 g/mol. The molecule has 0 N–H and O–H groups in total. The third-order valence-electron chi connectivity index (χ3n) is 9.54. The van der Waals surface area contributed by atoms with Gasteiger partial charge in [-0.25, -0.2) is 0 Å². The lowest BCUT2D eigenvalue weighted by Crippen LogP contribution is -2.59. The Balaban J connectivity index is 1.42. The van der Waals surface area contributed by atoms with Crippen molar-refractivity contribution in [1.29, 1.82) is 0 Å². The van der Waals surface area contributed by atoms with Crippen molar-refractivity contribution in [1.82, 2.24) is 0 Å². The molecule has 0 bridgehead atoms. The van der Waals surface area contributed by atoms with Crippen molar-refractivity contribution in [2.45, 2.75) is 84.0 Å². The molecule has 5 heteroatoms. The van der Waals surface area contributed by atoms with Crippen LogP contribution < -0.4 is 0 Å². The van der Waals surface area contributed by atoms with Crippen molar-refractivity contribution in [2.24, 2.45) is 34.5 Å². The molecule has 1 heterocycles. The second-order valence-electron chi connectivity index (χ2n) is 10.6. The van der Waals surface area contributed by atoms with Gasteiger partial charge < -0.3 is 14.2 Å². The molecular formula is C23H34O5. The van der Waals surface area contributed by atoms with Gasteiger partial charge in [-0.15, -0.1) is 0 Å². The van der Waals surface area contributed by atoms with Crippen LogP contribution in [0.3, 0.4) is 0 Å². The molecule has 5 rings (SSSR count). The van der Waals surface area contributed by atoms with Crippen molar-refractivity contribution >= 4 is 11.8 Å². The summed E-state index contributed by atoms with van der Waals surface area (Å²) in [7, 11) is 0. The fourth-order valence-electron chi connectivity index (χ4n) is 8.23. The number of ketones is 1. The average molecular weight is 391 g/mol. The highest BCUT2D eigenvalue weighted by Crippen LogP contribution is 2.69. The molecule has 5 nitrogen and oxygen atoms in total. The van der Waals surface area contributed by atoms with Gasteiger partial charge in [-0.2, -0.15) is 0 Å². The zero-order valence-electron chi connectivity index (χ0n) is 17.5. The molecule has 0 aromatic carbocycles. The number of ether oxygens (including phenoxy) is 3. The molecule has 0 aromatic heterocycles. The second-order valence-corrected chi connectivity index (χ2v) is 10.6. The van der Waals surface area contributed by atoms with E-state index in [9.17, 15) is 9.59 Å². The number of hydrogen-bond donors (Lipinski definition) is 0. The molecule has 1 saturated heterocycles. The molecule has 1 spiro atoms. The summed E-state index contributed by atoms with van der Waals surface area (Å²) >= 11 is 0. The molecule has 5 aliphatic rings. The van der Waals surface area contributed by atoms with E-state index in [1.54, 1.807) is 0 Å². The van der Waals surface area contributed by atoms with E-state index in [4.69, 9.17) is 14.2 Å². The molecule has 1 aliphatic heterocycles. The lowest BCUT2D eigenvalue weighted by atomic mass is 9.44. The number of hydrogen-bond acceptors (Lipinski definition) is 5. The number of carbonyl (C=O) groups is 2. The zero-order chi connectivity index (χ0) is 19.7. The molecule has 7 atom stereocenters. The highest BCUT2D eigenvalue weighted by molar-refractivity contribution is 5.83. The van der Waals surface area contributed by atoms with Crippen molar-refractivity contribution < 1.29 is 23.8 Å². The Morgan fingerprint density at radius 1 is 1.04 bits per heavy atom. The van der Waals surface area contributed by atoms with Crippen molar-refractivity contribution in [3.63, 3.8) is 0 Å². The number of fused-ring (bicyclic) bond motifs is 6. The SMILES string of the molecule is CC(=O)OC1CCC2(C)C(C1)C(=O)CC1C2CCC2(C)C1CCC21OCCO1. The Bertz CT molecular complexity index is 682. The minimum absolute atomic E-state index is 0.0308. The van der Waals surface area contributed by atoms with Crippen molar-refractivity contribution in [3.8, 4) is 0 Å². The topological polar surface area (TPSA) is 61.8 Å². The van der Waals surface area contributed by atoms with Gasteiger partial charge in [0.2, 0.25) is 0 Å².